The van der Waals surface area contributed by atoms with Crippen LogP contribution in [0.25, 0.3) is 0 Å². The smallest absolute Gasteiger partial charge is 0.262 e. The Kier molecular flexibility index (Phi) is 6.92. The van der Waals surface area contributed by atoms with Gasteiger partial charge in [0.05, 0.1) is 29.3 Å². The molecule has 0 spiro atoms. The van der Waals surface area contributed by atoms with Crippen LogP contribution in [0.3, 0.4) is 0 Å². The molecular weight excluding hydrogens is 406 g/mol. The Morgan fingerprint density at radius 1 is 1.13 bits per heavy atom. The summed E-state index contributed by atoms with van der Waals surface area (Å²) in [5, 5.41) is 11.5. The van der Waals surface area contributed by atoms with Crippen LogP contribution < -0.4 is 14.8 Å². The SMILES string of the molecule is COc1ccc(S(=O)(=O)N2CCCCC2)cc1NC(=O)COc1ccc(C#N)cc1. The largest absolute Gasteiger partial charge is 0.495 e. The molecule has 0 aliphatic carbocycles. The van der Waals surface area contributed by atoms with Gasteiger partial charge in [-0.1, -0.05) is 6.42 Å². The standard InChI is InChI=1S/C21H23N3O5S/c1-28-20-10-9-18(30(26,27)24-11-3-2-4-12-24)13-19(20)23-21(25)15-29-17-7-5-16(14-22)6-8-17/h5-10,13H,2-4,11-12,15H2,1H3,(H,23,25). The number of rotatable bonds is 7. The summed E-state index contributed by atoms with van der Waals surface area (Å²) < 4.78 is 38.0. The van der Waals surface area contributed by atoms with Gasteiger partial charge in [0.15, 0.2) is 6.61 Å². The van der Waals surface area contributed by atoms with Crippen LogP contribution in [0.2, 0.25) is 0 Å². The molecule has 158 valence electrons. The molecule has 1 heterocycles. The van der Waals surface area contributed by atoms with Crippen LogP contribution in [0, 0.1) is 11.3 Å². The molecular formula is C21H23N3O5S. The highest BCUT2D eigenvalue weighted by molar-refractivity contribution is 7.89. The predicted octanol–water partition coefficient (Wildman–Crippen LogP) is 2.76. The van der Waals surface area contributed by atoms with Crippen molar-refractivity contribution in [3.05, 3.63) is 48.0 Å². The number of methoxy groups -OCH3 is 1. The van der Waals surface area contributed by atoms with Crippen molar-refractivity contribution in [2.75, 3.05) is 32.1 Å². The lowest BCUT2D eigenvalue weighted by Gasteiger charge is -2.26. The van der Waals surface area contributed by atoms with Gasteiger partial charge in [-0.3, -0.25) is 4.79 Å². The summed E-state index contributed by atoms with van der Waals surface area (Å²) in [5.41, 5.74) is 0.743. The first-order valence-corrected chi connectivity index (χ1v) is 11.0. The molecule has 0 radical (unpaired) electrons. The average Bonchev–Trinajstić information content (AvgIpc) is 2.78. The topological polar surface area (TPSA) is 109 Å². The van der Waals surface area contributed by atoms with E-state index in [0.29, 0.717) is 30.2 Å². The lowest BCUT2D eigenvalue weighted by Crippen LogP contribution is -2.35. The van der Waals surface area contributed by atoms with Crippen molar-refractivity contribution in [2.45, 2.75) is 24.2 Å². The molecule has 2 aromatic rings. The van der Waals surface area contributed by atoms with E-state index in [1.807, 2.05) is 6.07 Å². The fourth-order valence-corrected chi connectivity index (χ4v) is 4.70. The average molecular weight is 429 g/mol. The summed E-state index contributed by atoms with van der Waals surface area (Å²) in [5.74, 6) is 0.321. The van der Waals surface area contributed by atoms with Gasteiger partial charge >= 0.3 is 0 Å². The minimum absolute atomic E-state index is 0.105. The number of piperidine rings is 1. The number of amides is 1. The summed E-state index contributed by atoms with van der Waals surface area (Å²) in [6.07, 6.45) is 2.70. The molecule has 1 fully saturated rings. The zero-order valence-corrected chi connectivity index (χ0v) is 17.4. The first kappa shape index (κ1) is 21.6. The van der Waals surface area contributed by atoms with Gasteiger partial charge in [0.25, 0.3) is 5.91 Å². The summed E-state index contributed by atoms with van der Waals surface area (Å²) >= 11 is 0. The van der Waals surface area contributed by atoms with E-state index in [4.69, 9.17) is 14.7 Å². The molecule has 9 heteroatoms. The number of sulfonamides is 1. The number of nitrogens with zero attached hydrogens (tertiary/aromatic N) is 2. The molecule has 2 aromatic carbocycles. The van der Waals surface area contributed by atoms with E-state index >= 15 is 0 Å². The van der Waals surface area contributed by atoms with Crippen LogP contribution in [-0.2, 0) is 14.8 Å². The quantitative estimate of drug-likeness (QED) is 0.725. The molecule has 0 aromatic heterocycles. The minimum Gasteiger partial charge on any atom is -0.495 e. The van der Waals surface area contributed by atoms with Crippen molar-refractivity contribution in [2.24, 2.45) is 0 Å². The highest BCUT2D eigenvalue weighted by Gasteiger charge is 2.27. The van der Waals surface area contributed by atoms with Crippen LogP contribution in [0.1, 0.15) is 24.8 Å². The van der Waals surface area contributed by atoms with Gasteiger partial charge in [-0.2, -0.15) is 9.57 Å². The zero-order chi connectivity index (χ0) is 21.6. The van der Waals surface area contributed by atoms with Crippen molar-refractivity contribution in [3.63, 3.8) is 0 Å². The molecule has 1 aliphatic rings. The number of hydrogen-bond donors (Lipinski definition) is 1. The molecule has 8 nitrogen and oxygen atoms in total. The maximum absolute atomic E-state index is 12.9. The first-order valence-electron chi connectivity index (χ1n) is 9.55. The number of hydrogen-bond acceptors (Lipinski definition) is 6. The van der Waals surface area contributed by atoms with Gasteiger partial charge in [0, 0.05) is 13.1 Å². The third kappa shape index (κ3) is 5.09. The van der Waals surface area contributed by atoms with E-state index in [9.17, 15) is 13.2 Å². The lowest BCUT2D eigenvalue weighted by molar-refractivity contribution is -0.118. The molecule has 0 bridgehead atoms. The third-order valence-corrected chi connectivity index (χ3v) is 6.65. The zero-order valence-electron chi connectivity index (χ0n) is 16.6. The van der Waals surface area contributed by atoms with Crippen LogP contribution in [0.15, 0.2) is 47.4 Å². The molecule has 1 amide bonds. The second kappa shape index (κ2) is 9.61. The summed E-state index contributed by atoms with van der Waals surface area (Å²) in [6.45, 7) is 0.709. The second-order valence-electron chi connectivity index (χ2n) is 6.80. The van der Waals surface area contributed by atoms with Gasteiger partial charge in [0.1, 0.15) is 11.5 Å². The van der Waals surface area contributed by atoms with Gasteiger partial charge in [-0.25, -0.2) is 8.42 Å². The van der Waals surface area contributed by atoms with Gasteiger partial charge < -0.3 is 14.8 Å². The second-order valence-corrected chi connectivity index (χ2v) is 8.74. The van der Waals surface area contributed by atoms with Crippen molar-refractivity contribution in [3.8, 4) is 17.6 Å². The van der Waals surface area contributed by atoms with E-state index in [-0.39, 0.29) is 17.2 Å². The predicted molar refractivity (Wildman–Crippen MR) is 111 cm³/mol. The first-order chi connectivity index (χ1) is 14.4. The number of ether oxygens (including phenoxy) is 2. The molecule has 0 saturated carbocycles. The Labute approximate surface area is 176 Å². The summed E-state index contributed by atoms with van der Waals surface area (Å²) in [6, 6.07) is 12.8. The summed E-state index contributed by atoms with van der Waals surface area (Å²) in [7, 11) is -2.20. The highest BCUT2D eigenvalue weighted by Crippen LogP contribution is 2.30. The number of benzene rings is 2. The molecule has 0 unspecified atom stereocenters. The Morgan fingerprint density at radius 2 is 1.83 bits per heavy atom. The Balaban J connectivity index is 1.71. The van der Waals surface area contributed by atoms with Crippen LogP contribution in [0.5, 0.6) is 11.5 Å². The minimum atomic E-state index is -3.64. The normalized spacial score (nSPS) is 14.5. The van der Waals surface area contributed by atoms with Crippen molar-refractivity contribution < 1.29 is 22.7 Å². The van der Waals surface area contributed by atoms with E-state index in [0.717, 1.165) is 19.3 Å². The monoisotopic (exact) mass is 429 g/mol. The maximum Gasteiger partial charge on any atom is 0.262 e. The fourth-order valence-electron chi connectivity index (χ4n) is 3.16. The van der Waals surface area contributed by atoms with Gasteiger partial charge in [-0.15, -0.1) is 0 Å². The number of nitriles is 1. The molecule has 0 atom stereocenters. The van der Waals surface area contributed by atoms with Crippen LogP contribution >= 0.6 is 0 Å². The van der Waals surface area contributed by atoms with E-state index in [1.54, 1.807) is 24.3 Å². The molecule has 3 rings (SSSR count). The van der Waals surface area contributed by atoms with Gasteiger partial charge in [-0.05, 0) is 55.3 Å². The third-order valence-electron chi connectivity index (χ3n) is 4.75. The molecule has 1 aliphatic heterocycles. The Morgan fingerprint density at radius 3 is 2.47 bits per heavy atom. The Hall–Kier alpha value is -3.09. The summed E-state index contributed by atoms with van der Waals surface area (Å²) in [4.78, 5) is 12.4. The number of carbonyl (C=O) groups excluding carboxylic acids is 1. The highest BCUT2D eigenvalue weighted by atomic mass is 32.2. The van der Waals surface area contributed by atoms with Crippen LogP contribution in [-0.4, -0.2) is 45.4 Å². The molecule has 1 saturated heterocycles. The molecule has 30 heavy (non-hydrogen) atoms. The number of nitrogens with one attached hydrogen (secondary N) is 1. The van der Waals surface area contributed by atoms with Crippen molar-refractivity contribution in [1.82, 2.24) is 4.31 Å². The maximum atomic E-state index is 12.9. The number of carbonyl (C=O) groups is 1. The van der Waals surface area contributed by atoms with Crippen molar-refractivity contribution in [1.29, 1.82) is 5.26 Å². The van der Waals surface area contributed by atoms with E-state index in [2.05, 4.69) is 5.32 Å². The fraction of sp³-hybridized carbons (Fsp3) is 0.333. The van der Waals surface area contributed by atoms with E-state index in [1.165, 1.54) is 29.6 Å². The van der Waals surface area contributed by atoms with Crippen LogP contribution in [0.4, 0.5) is 5.69 Å². The van der Waals surface area contributed by atoms with Crippen molar-refractivity contribution >= 4 is 21.6 Å². The van der Waals surface area contributed by atoms with E-state index < -0.39 is 15.9 Å². The molecule has 1 N–H and O–H groups in total. The lowest BCUT2D eigenvalue weighted by atomic mass is 10.2. The van der Waals surface area contributed by atoms with Gasteiger partial charge in [0.2, 0.25) is 10.0 Å². The number of anilines is 1. The Bertz CT molecular complexity index is 1040.